The molecule has 1 heterocycles. The van der Waals surface area contributed by atoms with Crippen molar-refractivity contribution in [1.82, 2.24) is 0 Å². The lowest BCUT2D eigenvalue weighted by Gasteiger charge is -2.39. The Balaban J connectivity index is 2.00. The quantitative estimate of drug-likeness (QED) is 0.229. The molecule has 0 aromatic heterocycles. The molecule has 1 saturated heterocycles. The summed E-state index contributed by atoms with van der Waals surface area (Å²) in [6.07, 6.45) is -8.93. The summed E-state index contributed by atoms with van der Waals surface area (Å²) in [7, 11) is 0. The van der Waals surface area contributed by atoms with Gasteiger partial charge < -0.3 is 44.8 Å². The number of rotatable bonds is 7. The van der Waals surface area contributed by atoms with E-state index in [1.165, 1.54) is 24.3 Å². The maximum absolute atomic E-state index is 11.7. The first-order chi connectivity index (χ1) is 12.7. The number of esters is 1. The molecular formula is C17H22O10. The maximum atomic E-state index is 11.7. The Labute approximate surface area is 154 Å². The molecule has 0 unspecified atom stereocenters. The average molecular weight is 386 g/mol. The zero-order valence-electron chi connectivity index (χ0n) is 14.2. The number of carbonyl (C=O) groups excluding carboxylic acids is 1. The van der Waals surface area contributed by atoms with Gasteiger partial charge in [0.15, 0.2) is 0 Å². The van der Waals surface area contributed by atoms with E-state index in [4.69, 9.17) is 19.3 Å². The molecule has 6 N–H and O–H groups in total. The summed E-state index contributed by atoms with van der Waals surface area (Å²) in [4.78, 5) is 11.7. The molecule has 0 aliphatic carbocycles. The topological polar surface area (TPSA) is 166 Å². The lowest BCUT2D eigenvalue weighted by atomic mass is 9.99. The standard InChI is InChI=1S/C17H22O10/c1-8(11(20)6-18)16(24)25-7-12-13(21)14(22)15(23)17(27-12)26-10-4-2-9(19)3-5-10/h2-5,11-15,17-23H,1,6-7H2/t11-,12+,13+,14-,15+,17+/m0/s1. The molecule has 6 atom stereocenters. The highest BCUT2D eigenvalue weighted by molar-refractivity contribution is 5.88. The predicted octanol–water partition coefficient (Wildman–Crippen LogP) is -1.97. The highest BCUT2D eigenvalue weighted by atomic mass is 16.7. The number of phenolic OH excluding ortho intramolecular Hbond substituents is 1. The Kier molecular flexibility index (Phi) is 7.13. The van der Waals surface area contributed by atoms with Gasteiger partial charge in [0, 0.05) is 0 Å². The molecule has 0 bridgehead atoms. The van der Waals surface area contributed by atoms with E-state index in [1.54, 1.807) is 0 Å². The third-order valence-corrected chi connectivity index (χ3v) is 3.97. The molecule has 1 aromatic rings. The summed E-state index contributed by atoms with van der Waals surface area (Å²) >= 11 is 0. The Bertz CT molecular complexity index is 646. The van der Waals surface area contributed by atoms with Crippen molar-refractivity contribution in [3.8, 4) is 11.5 Å². The van der Waals surface area contributed by atoms with Crippen molar-refractivity contribution in [3.63, 3.8) is 0 Å². The van der Waals surface area contributed by atoms with E-state index in [-0.39, 0.29) is 17.1 Å². The molecule has 1 aliphatic heterocycles. The van der Waals surface area contributed by atoms with Gasteiger partial charge in [-0.1, -0.05) is 6.58 Å². The fourth-order valence-electron chi connectivity index (χ4n) is 2.31. The summed E-state index contributed by atoms with van der Waals surface area (Å²) < 4.78 is 15.6. The van der Waals surface area contributed by atoms with Crippen LogP contribution in [0, 0.1) is 0 Å². The number of hydrogen-bond acceptors (Lipinski definition) is 10. The van der Waals surface area contributed by atoms with Gasteiger partial charge in [0.1, 0.15) is 48.6 Å². The summed E-state index contributed by atoms with van der Waals surface area (Å²) in [6, 6.07) is 5.48. The first kappa shape index (κ1) is 21.1. The highest BCUT2D eigenvalue weighted by Gasteiger charge is 2.45. The lowest BCUT2D eigenvalue weighted by Crippen LogP contribution is -2.60. The third kappa shape index (κ3) is 5.16. The summed E-state index contributed by atoms with van der Waals surface area (Å²) in [6.45, 7) is 2.04. The SMILES string of the molecule is C=C(C(=O)OC[C@H]1O[C@@H](Oc2ccc(O)cc2)[C@H](O)[C@@H](O)[C@@H]1O)[C@@H](O)CO. The zero-order chi connectivity index (χ0) is 20.1. The van der Waals surface area contributed by atoms with Crippen LogP contribution in [0.4, 0.5) is 0 Å². The van der Waals surface area contributed by atoms with Crippen LogP contribution in [0.5, 0.6) is 11.5 Å². The van der Waals surface area contributed by atoms with Crippen LogP contribution in [0.1, 0.15) is 0 Å². The van der Waals surface area contributed by atoms with Crippen molar-refractivity contribution in [2.75, 3.05) is 13.2 Å². The van der Waals surface area contributed by atoms with E-state index < -0.39 is 56.0 Å². The third-order valence-electron chi connectivity index (χ3n) is 3.97. The van der Waals surface area contributed by atoms with Gasteiger partial charge in [0.25, 0.3) is 0 Å². The number of hydrogen-bond donors (Lipinski definition) is 6. The average Bonchev–Trinajstić information content (AvgIpc) is 2.67. The second-order valence-electron chi connectivity index (χ2n) is 5.95. The second kappa shape index (κ2) is 9.13. The number of aliphatic hydroxyl groups excluding tert-OH is 5. The highest BCUT2D eigenvalue weighted by Crippen LogP contribution is 2.25. The Hall–Kier alpha value is -2.21. The van der Waals surface area contributed by atoms with Gasteiger partial charge in [-0.2, -0.15) is 0 Å². The zero-order valence-corrected chi connectivity index (χ0v) is 14.2. The number of ether oxygens (including phenoxy) is 3. The van der Waals surface area contributed by atoms with Gasteiger partial charge in [0.05, 0.1) is 12.2 Å². The van der Waals surface area contributed by atoms with Crippen LogP contribution in [0.25, 0.3) is 0 Å². The second-order valence-corrected chi connectivity index (χ2v) is 5.95. The smallest absolute Gasteiger partial charge is 0.336 e. The van der Waals surface area contributed by atoms with E-state index in [0.717, 1.165) is 0 Å². The van der Waals surface area contributed by atoms with Gasteiger partial charge in [-0.15, -0.1) is 0 Å². The summed E-state index contributed by atoms with van der Waals surface area (Å²) in [5.74, 6) is -0.808. The molecule has 10 heteroatoms. The Morgan fingerprint density at radius 2 is 1.78 bits per heavy atom. The molecule has 1 aromatic carbocycles. The normalized spacial score (nSPS) is 29.0. The molecule has 0 radical (unpaired) electrons. The molecule has 0 spiro atoms. The fourth-order valence-corrected chi connectivity index (χ4v) is 2.31. The number of aliphatic hydroxyl groups is 5. The van der Waals surface area contributed by atoms with Crippen LogP contribution < -0.4 is 4.74 Å². The minimum Gasteiger partial charge on any atom is -0.508 e. The number of benzene rings is 1. The molecule has 2 rings (SSSR count). The van der Waals surface area contributed by atoms with Crippen LogP contribution in [-0.4, -0.2) is 86.6 Å². The first-order valence-electron chi connectivity index (χ1n) is 8.04. The van der Waals surface area contributed by atoms with Crippen molar-refractivity contribution in [2.24, 2.45) is 0 Å². The lowest BCUT2D eigenvalue weighted by molar-refractivity contribution is -0.278. The Morgan fingerprint density at radius 3 is 2.37 bits per heavy atom. The summed E-state index contributed by atoms with van der Waals surface area (Å²) in [5.41, 5.74) is -0.389. The van der Waals surface area contributed by atoms with Crippen LogP contribution in [0.3, 0.4) is 0 Å². The van der Waals surface area contributed by atoms with Crippen molar-refractivity contribution in [2.45, 2.75) is 36.8 Å². The monoisotopic (exact) mass is 386 g/mol. The van der Waals surface area contributed by atoms with Crippen molar-refractivity contribution >= 4 is 5.97 Å². The van der Waals surface area contributed by atoms with Crippen LogP contribution >= 0.6 is 0 Å². The maximum Gasteiger partial charge on any atom is 0.336 e. The minimum absolute atomic E-state index is 0.00185. The molecule has 27 heavy (non-hydrogen) atoms. The molecule has 0 amide bonds. The van der Waals surface area contributed by atoms with E-state index >= 15 is 0 Å². The first-order valence-corrected chi connectivity index (χ1v) is 8.04. The fraction of sp³-hybridized carbons (Fsp3) is 0.471. The molecule has 1 fully saturated rings. The van der Waals surface area contributed by atoms with Crippen molar-refractivity contribution < 1.29 is 49.6 Å². The molecule has 0 saturated carbocycles. The van der Waals surface area contributed by atoms with E-state index in [2.05, 4.69) is 6.58 Å². The number of phenols is 1. The Morgan fingerprint density at radius 1 is 1.15 bits per heavy atom. The van der Waals surface area contributed by atoms with Gasteiger partial charge in [0.2, 0.25) is 6.29 Å². The van der Waals surface area contributed by atoms with Crippen LogP contribution in [0.15, 0.2) is 36.4 Å². The summed E-state index contributed by atoms with van der Waals surface area (Å²) in [5, 5.41) is 57.4. The molecule has 10 nitrogen and oxygen atoms in total. The van der Waals surface area contributed by atoms with Gasteiger partial charge in [-0.05, 0) is 24.3 Å². The largest absolute Gasteiger partial charge is 0.508 e. The van der Waals surface area contributed by atoms with Crippen molar-refractivity contribution in [1.29, 1.82) is 0 Å². The predicted molar refractivity (Wildman–Crippen MR) is 88.6 cm³/mol. The van der Waals surface area contributed by atoms with E-state index in [1.807, 2.05) is 0 Å². The van der Waals surface area contributed by atoms with Crippen molar-refractivity contribution in [3.05, 3.63) is 36.4 Å². The molecule has 150 valence electrons. The number of carbonyl (C=O) groups is 1. The molecular weight excluding hydrogens is 364 g/mol. The van der Waals surface area contributed by atoms with Crippen LogP contribution in [-0.2, 0) is 14.3 Å². The van der Waals surface area contributed by atoms with E-state index in [0.29, 0.717) is 0 Å². The number of aromatic hydroxyl groups is 1. The van der Waals surface area contributed by atoms with E-state index in [9.17, 15) is 30.3 Å². The van der Waals surface area contributed by atoms with Gasteiger partial charge in [-0.25, -0.2) is 4.79 Å². The molecule has 1 aliphatic rings. The van der Waals surface area contributed by atoms with Gasteiger partial charge in [-0.3, -0.25) is 0 Å². The van der Waals surface area contributed by atoms with Gasteiger partial charge >= 0.3 is 5.97 Å². The van der Waals surface area contributed by atoms with Crippen LogP contribution in [0.2, 0.25) is 0 Å². The minimum atomic E-state index is -1.64.